The predicted octanol–water partition coefficient (Wildman–Crippen LogP) is 0.495. The maximum absolute atomic E-state index is 11.6. The minimum absolute atomic E-state index is 0.299. The van der Waals surface area contributed by atoms with Gasteiger partial charge in [-0.2, -0.15) is 5.26 Å². The number of aryl methyl sites for hydroxylation is 1. The highest BCUT2D eigenvalue weighted by molar-refractivity contribution is 7.90. The van der Waals surface area contributed by atoms with E-state index in [2.05, 4.69) is 9.71 Å². The Labute approximate surface area is 101 Å². The maximum atomic E-state index is 11.6. The fourth-order valence-electron chi connectivity index (χ4n) is 1.38. The number of nitrogens with one attached hydrogen (secondary N) is 1. The minimum Gasteiger partial charge on any atom is -0.337 e. The van der Waals surface area contributed by atoms with Gasteiger partial charge in [-0.3, -0.25) is 0 Å². The molecule has 17 heavy (non-hydrogen) atoms. The molecule has 0 fully saturated rings. The van der Waals surface area contributed by atoms with Crippen LogP contribution >= 0.6 is 0 Å². The first-order chi connectivity index (χ1) is 8.10. The van der Waals surface area contributed by atoms with Gasteiger partial charge < -0.3 is 4.57 Å². The van der Waals surface area contributed by atoms with Crippen LogP contribution in [0.5, 0.6) is 0 Å². The molecule has 1 aromatic rings. The van der Waals surface area contributed by atoms with Crippen molar-refractivity contribution in [1.82, 2.24) is 14.3 Å². The lowest BCUT2D eigenvalue weighted by Crippen LogP contribution is -2.34. The SMILES string of the molecule is CCC(C#N)S(=O)(=O)NCCCn1ccnc1. The molecule has 1 N–H and O–H groups in total. The average molecular weight is 256 g/mol. The molecule has 0 saturated heterocycles. The van der Waals surface area contributed by atoms with Crippen LogP contribution in [0.4, 0.5) is 0 Å². The van der Waals surface area contributed by atoms with Crippen LogP contribution in [0.25, 0.3) is 0 Å². The van der Waals surface area contributed by atoms with Crippen LogP contribution in [0, 0.1) is 11.3 Å². The molecule has 1 atom stereocenters. The lowest BCUT2D eigenvalue weighted by atomic mass is 10.4. The van der Waals surface area contributed by atoms with Gasteiger partial charge in [-0.1, -0.05) is 6.92 Å². The van der Waals surface area contributed by atoms with Gasteiger partial charge in [0.2, 0.25) is 10.0 Å². The smallest absolute Gasteiger partial charge is 0.227 e. The monoisotopic (exact) mass is 256 g/mol. The summed E-state index contributed by atoms with van der Waals surface area (Å²) in [7, 11) is -3.50. The van der Waals surface area contributed by atoms with Crippen molar-refractivity contribution in [3.05, 3.63) is 18.7 Å². The zero-order chi connectivity index (χ0) is 12.7. The van der Waals surface area contributed by atoms with Crippen molar-refractivity contribution in [3.63, 3.8) is 0 Å². The molecule has 0 amide bonds. The minimum atomic E-state index is -3.50. The summed E-state index contributed by atoms with van der Waals surface area (Å²) in [5.41, 5.74) is 0. The summed E-state index contributed by atoms with van der Waals surface area (Å²) < 4.78 is 27.5. The van der Waals surface area contributed by atoms with Crippen molar-refractivity contribution in [2.75, 3.05) is 6.54 Å². The van der Waals surface area contributed by atoms with Crippen molar-refractivity contribution in [2.24, 2.45) is 0 Å². The molecule has 0 spiro atoms. The lowest BCUT2D eigenvalue weighted by Gasteiger charge is -2.09. The summed E-state index contributed by atoms with van der Waals surface area (Å²) in [6.07, 6.45) is 6.13. The van der Waals surface area contributed by atoms with Gasteiger partial charge >= 0.3 is 0 Å². The summed E-state index contributed by atoms with van der Waals surface area (Å²) >= 11 is 0. The second-order valence-corrected chi connectivity index (χ2v) is 5.57. The molecule has 7 heteroatoms. The molecule has 1 aromatic heterocycles. The predicted molar refractivity (Wildman–Crippen MR) is 63.5 cm³/mol. The van der Waals surface area contributed by atoms with Crippen LogP contribution in [0.2, 0.25) is 0 Å². The summed E-state index contributed by atoms with van der Waals surface area (Å²) in [5.74, 6) is 0. The average Bonchev–Trinajstić information content (AvgIpc) is 2.78. The third-order valence-electron chi connectivity index (χ3n) is 2.34. The van der Waals surface area contributed by atoms with E-state index in [1.165, 1.54) is 0 Å². The number of imidazole rings is 1. The molecule has 0 saturated carbocycles. The normalized spacial score (nSPS) is 13.2. The number of hydrogen-bond donors (Lipinski definition) is 1. The second-order valence-electron chi connectivity index (χ2n) is 3.62. The largest absolute Gasteiger partial charge is 0.337 e. The van der Waals surface area contributed by atoms with Gasteiger partial charge in [0.05, 0.1) is 12.4 Å². The maximum Gasteiger partial charge on any atom is 0.227 e. The van der Waals surface area contributed by atoms with Gasteiger partial charge in [-0.05, 0) is 12.8 Å². The molecule has 94 valence electrons. The van der Waals surface area contributed by atoms with E-state index < -0.39 is 15.3 Å². The van der Waals surface area contributed by atoms with Crippen molar-refractivity contribution >= 4 is 10.0 Å². The Kier molecular flexibility index (Phi) is 5.12. The van der Waals surface area contributed by atoms with Gasteiger partial charge in [0, 0.05) is 25.5 Å². The Hall–Kier alpha value is -1.39. The van der Waals surface area contributed by atoms with Gasteiger partial charge in [0.15, 0.2) is 5.25 Å². The van der Waals surface area contributed by atoms with Crippen molar-refractivity contribution < 1.29 is 8.42 Å². The molecule has 0 aromatic carbocycles. The van der Waals surface area contributed by atoms with E-state index in [4.69, 9.17) is 5.26 Å². The molecular formula is C10H16N4O2S. The summed E-state index contributed by atoms with van der Waals surface area (Å²) in [5, 5.41) is 7.72. The zero-order valence-corrected chi connectivity index (χ0v) is 10.5. The number of sulfonamides is 1. The highest BCUT2D eigenvalue weighted by Gasteiger charge is 2.22. The highest BCUT2D eigenvalue weighted by Crippen LogP contribution is 2.02. The van der Waals surface area contributed by atoms with Crippen LogP contribution in [0.15, 0.2) is 18.7 Å². The van der Waals surface area contributed by atoms with Gasteiger partial charge in [0.25, 0.3) is 0 Å². The van der Waals surface area contributed by atoms with Crippen LogP contribution in [-0.4, -0.2) is 29.8 Å². The van der Waals surface area contributed by atoms with Crippen LogP contribution in [0.3, 0.4) is 0 Å². The number of nitrogens with zero attached hydrogens (tertiary/aromatic N) is 3. The summed E-state index contributed by atoms with van der Waals surface area (Å²) in [6.45, 7) is 2.71. The molecular weight excluding hydrogens is 240 g/mol. The fraction of sp³-hybridized carbons (Fsp3) is 0.600. The van der Waals surface area contributed by atoms with E-state index in [1.807, 2.05) is 10.8 Å². The topological polar surface area (TPSA) is 87.8 Å². The summed E-state index contributed by atoms with van der Waals surface area (Å²) in [6, 6.07) is 1.78. The zero-order valence-electron chi connectivity index (χ0n) is 9.70. The lowest BCUT2D eigenvalue weighted by molar-refractivity contribution is 0.562. The molecule has 1 heterocycles. The van der Waals surface area contributed by atoms with Crippen molar-refractivity contribution in [1.29, 1.82) is 5.26 Å². The Balaban J connectivity index is 2.33. The Morgan fingerprint density at radius 2 is 2.35 bits per heavy atom. The summed E-state index contributed by atoms with van der Waals surface area (Å²) in [4.78, 5) is 3.89. The third-order valence-corrected chi connectivity index (χ3v) is 4.14. The van der Waals surface area contributed by atoms with Gasteiger partial charge in [-0.25, -0.2) is 18.1 Å². The number of rotatable bonds is 7. The molecule has 0 aliphatic carbocycles. The standard InChI is InChI=1S/C10H16N4O2S/c1-2-10(8-11)17(15,16)13-4-3-6-14-7-5-12-9-14/h5,7,9-10,13H,2-4,6H2,1H3. The highest BCUT2D eigenvalue weighted by atomic mass is 32.2. The van der Waals surface area contributed by atoms with E-state index in [1.54, 1.807) is 25.5 Å². The molecule has 0 radical (unpaired) electrons. The first kappa shape index (κ1) is 13.7. The molecule has 1 rings (SSSR count). The van der Waals surface area contributed by atoms with Crippen molar-refractivity contribution in [3.8, 4) is 6.07 Å². The fourth-order valence-corrected chi connectivity index (χ4v) is 2.58. The molecule has 0 aliphatic heterocycles. The Morgan fingerprint density at radius 3 is 2.88 bits per heavy atom. The first-order valence-corrected chi connectivity index (χ1v) is 6.98. The van der Waals surface area contributed by atoms with Gasteiger partial charge in [0.1, 0.15) is 0 Å². The van der Waals surface area contributed by atoms with E-state index in [0.29, 0.717) is 25.9 Å². The third kappa shape index (κ3) is 4.17. The van der Waals surface area contributed by atoms with Gasteiger partial charge in [-0.15, -0.1) is 0 Å². The molecule has 0 bridgehead atoms. The molecule has 6 nitrogen and oxygen atoms in total. The van der Waals surface area contributed by atoms with Crippen LogP contribution in [-0.2, 0) is 16.6 Å². The molecule has 0 aliphatic rings. The van der Waals surface area contributed by atoms with E-state index in [-0.39, 0.29) is 0 Å². The number of aromatic nitrogens is 2. The quantitative estimate of drug-likeness (QED) is 0.719. The van der Waals surface area contributed by atoms with Crippen molar-refractivity contribution in [2.45, 2.75) is 31.6 Å². The van der Waals surface area contributed by atoms with E-state index in [9.17, 15) is 8.42 Å². The number of hydrogen-bond acceptors (Lipinski definition) is 4. The molecule has 1 unspecified atom stereocenters. The van der Waals surface area contributed by atoms with E-state index in [0.717, 1.165) is 0 Å². The Bertz CT molecular complexity index is 461. The van der Waals surface area contributed by atoms with Crippen LogP contribution < -0.4 is 4.72 Å². The first-order valence-electron chi connectivity index (χ1n) is 5.44. The second kappa shape index (κ2) is 6.37. The number of nitriles is 1. The Morgan fingerprint density at radius 1 is 1.59 bits per heavy atom. The van der Waals surface area contributed by atoms with E-state index >= 15 is 0 Å². The van der Waals surface area contributed by atoms with Crippen LogP contribution in [0.1, 0.15) is 19.8 Å².